The van der Waals surface area contributed by atoms with Crippen molar-refractivity contribution in [3.05, 3.63) is 35.4 Å². The summed E-state index contributed by atoms with van der Waals surface area (Å²) >= 11 is 1.64. The first-order valence-electron chi connectivity index (χ1n) is 5.15. The van der Waals surface area contributed by atoms with Gasteiger partial charge >= 0.3 is 0 Å². The van der Waals surface area contributed by atoms with Gasteiger partial charge < -0.3 is 5.73 Å². The molecule has 2 N–H and O–H groups in total. The number of rotatable bonds is 3. The summed E-state index contributed by atoms with van der Waals surface area (Å²) in [6, 6.07) is 3.64. The van der Waals surface area contributed by atoms with E-state index in [0.717, 1.165) is 6.07 Å². The molecule has 0 radical (unpaired) electrons. The molecule has 16 heavy (non-hydrogen) atoms. The van der Waals surface area contributed by atoms with Gasteiger partial charge in [-0.25, -0.2) is 8.78 Å². The predicted molar refractivity (Wildman–Crippen MR) is 65.5 cm³/mol. The molecule has 0 fully saturated rings. The van der Waals surface area contributed by atoms with Gasteiger partial charge in [-0.3, -0.25) is 0 Å². The van der Waals surface area contributed by atoms with Crippen molar-refractivity contribution in [3.8, 4) is 0 Å². The Hall–Kier alpha value is -0.610. The largest absolute Gasteiger partial charge is 0.323 e. The number of thioether (sulfide) groups is 1. The minimum Gasteiger partial charge on any atom is -0.323 e. The lowest BCUT2D eigenvalue weighted by Gasteiger charge is -2.21. The van der Waals surface area contributed by atoms with Gasteiger partial charge in [0.1, 0.15) is 0 Å². The molecular formula is C12H17F2NS. The van der Waals surface area contributed by atoms with Crippen molar-refractivity contribution in [1.29, 1.82) is 0 Å². The summed E-state index contributed by atoms with van der Waals surface area (Å²) in [6.45, 7) is 6.19. The second-order valence-electron chi connectivity index (χ2n) is 4.67. The van der Waals surface area contributed by atoms with Crippen molar-refractivity contribution in [2.75, 3.05) is 5.75 Å². The maximum atomic E-state index is 13.4. The lowest BCUT2D eigenvalue weighted by molar-refractivity contribution is 0.492. The highest BCUT2D eigenvalue weighted by molar-refractivity contribution is 8.00. The molecule has 0 saturated carbocycles. The minimum absolute atomic E-state index is 0.0709. The molecule has 0 aliphatic carbocycles. The SMILES string of the molecule is CC(C)(C)SCC(N)c1cccc(F)c1F. The standard InChI is InChI=1S/C12H17F2NS/c1-12(2,3)16-7-10(15)8-5-4-6-9(13)11(8)14/h4-6,10H,7,15H2,1-3H3. The fourth-order valence-corrected chi connectivity index (χ4v) is 2.10. The number of nitrogens with two attached hydrogens (primary N) is 1. The fourth-order valence-electron chi connectivity index (χ4n) is 1.24. The van der Waals surface area contributed by atoms with E-state index in [1.54, 1.807) is 11.8 Å². The maximum absolute atomic E-state index is 13.4. The van der Waals surface area contributed by atoms with Crippen LogP contribution in [-0.2, 0) is 0 Å². The fraction of sp³-hybridized carbons (Fsp3) is 0.500. The van der Waals surface area contributed by atoms with Gasteiger partial charge in [0.25, 0.3) is 0 Å². The Labute approximate surface area is 99.4 Å². The van der Waals surface area contributed by atoms with Crippen LogP contribution in [0.3, 0.4) is 0 Å². The van der Waals surface area contributed by atoms with Crippen molar-refractivity contribution in [3.63, 3.8) is 0 Å². The summed E-state index contributed by atoms with van der Waals surface area (Å²) in [5, 5.41) is 0. The van der Waals surface area contributed by atoms with Crippen molar-refractivity contribution in [1.82, 2.24) is 0 Å². The molecule has 0 heterocycles. The summed E-state index contributed by atoms with van der Waals surface area (Å²) in [5.74, 6) is -1.10. The molecule has 1 rings (SSSR count). The first-order chi connectivity index (χ1) is 7.31. The van der Waals surface area contributed by atoms with E-state index >= 15 is 0 Å². The Morgan fingerprint density at radius 2 is 1.94 bits per heavy atom. The highest BCUT2D eigenvalue weighted by Crippen LogP contribution is 2.28. The zero-order valence-corrected chi connectivity index (χ0v) is 10.6. The van der Waals surface area contributed by atoms with Gasteiger partial charge in [0.2, 0.25) is 0 Å². The molecule has 0 spiro atoms. The summed E-state index contributed by atoms with van der Waals surface area (Å²) in [4.78, 5) is 0. The van der Waals surface area contributed by atoms with Crippen molar-refractivity contribution >= 4 is 11.8 Å². The third-order valence-electron chi connectivity index (χ3n) is 2.08. The topological polar surface area (TPSA) is 26.0 Å². The monoisotopic (exact) mass is 245 g/mol. The Morgan fingerprint density at radius 3 is 2.50 bits per heavy atom. The van der Waals surface area contributed by atoms with Crippen LogP contribution in [0.25, 0.3) is 0 Å². The average molecular weight is 245 g/mol. The molecule has 0 bridgehead atoms. The molecule has 1 aromatic rings. The van der Waals surface area contributed by atoms with Gasteiger partial charge in [-0.15, -0.1) is 0 Å². The van der Waals surface area contributed by atoms with E-state index in [9.17, 15) is 8.78 Å². The number of halogens is 2. The lowest BCUT2D eigenvalue weighted by atomic mass is 10.1. The van der Waals surface area contributed by atoms with E-state index in [0.29, 0.717) is 5.75 Å². The van der Waals surface area contributed by atoms with Gasteiger partial charge in [-0.1, -0.05) is 32.9 Å². The summed E-state index contributed by atoms with van der Waals surface area (Å²) < 4.78 is 26.5. The summed E-state index contributed by atoms with van der Waals surface area (Å²) in [5.41, 5.74) is 6.09. The van der Waals surface area contributed by atoms with Gasteiger partial charge in [0.05, 0.1) is 0 Å². The van der Waals surface area contributed by atoms with Crippen LogP contribution >= 0.6 is 11.8 Å². The number of benzene rings is 1. The zero-order chi connectivity index (χ0) is 12.3. The molecule has 1 nitrogen and oxygen atoms in total. The average Bonchev–Trinajstić information content (AvgIpc) is 2.17. The Kier molecular flexibility index (Phi) is 4.33. The molecule has 4 heteroatoms. The van der Waals surface area contributed by atoms with Crippen LogP contribution in [0.4, 0.5) is 8.78 Å². The highest BCUT2D eigenvalue weighted by atomic mass is 32.2. The molecule has 0 aromatic heterocycles. The quantitative estimate of drug-likeness (QED) is 0.882. The van der Waals surface area contributed by atoms with E-state index < -0.39 is 17.7 Å². The van der Waals surface area contributed by atoms with Crippen molar-refractivity contribution < 1.29 is 8.78 Å². The maximum Gasteiger partial charge on any atom is 0.163 e. The normalized spacial score (nSPS) is 13.9. The lowest BCUT2D eigenvalue weighted by Crippen LogP contribution is -2.19. The Bertz CT molecular complexity index is 361. The molecular weight excluding hydrogens is 228 g/mol. The van der Waals surface area contributed by atoms with Crippen LogP contribution in [0.2, 0.25) is 0 Å². The van der Waals surface area contributed by atoms with Crippen LogP contribution in [-0.4, -0.2) is 10.5 Å². The van der Waals surface area contributed by atoms with Crippen molar-refractivity contribution in [2.24, 2.45) is 5.73 Å². The van der Waals surface area contributed by atoms with Crippen LogP contribution in [0, 0.1) is 11.6 Å². The van der Waals surface area contributed by atoms with Crippen LogP contribution in [0.1, 0.15) is 32.4 Å². The smallest absolute Gasteiger partial charge is 0.163 e. The molecule has 0 aliphatic rings. The van der Waals surface area contributed by atoms with Crippen molar-refractivity contribution in [2.45, 2.75) is 31.6 Å². The van der Waals surface area contributed by atoms with Crippen LogP contribution < -0.4 is 5.73 Å². The second-order valence-corrected chi connectivity index (χ2v) is 6.52. The van der Waals surface area contributed by atoms with E-state index in [2.05, 4.69) is 20.8 Å². The summed E-state index contributed by atoms with van der Waals surface area (Å²) in [6.07, 6.45) is 0. The first kappa shape index (κ1) is 13.5. The number of hydrogen-bond acceptors (Lipinski definition) is 2. The highest BCUT2D eigenvalue weighted by Gasteiger charge is 2.18. The van der Waals surface area contributed by atoms with Crippen LogP contribution in [0.5, 0.6) is 0 Å². The predicted octanol–water partition coefficient (Wildman–Crippen LogP) is 3.50. The third-order valence-corrected chi connectivity index (χ3v) is 3.47. The first-order valence-corrected chi connectivity index (χ1v) is 6.13. The van der Waals surface area contributed by atoms with E-state index in [4.69, 9.17) is 5.73 Å². The molecule has 1 unspecified atom stereocenters. The molecule has 1 aromatic carbocycles. The minimum atomic E-state index is -0.839. The Morgan fingerprint density at radius 1 is 1.31 bits per heavy atom. The molecule has 0 saturated heterocycles. The molecule has 0 aliphatic heterocycles. The van der Waals surface area contributed by atoms with Crippen LogP contribution in [0.15, 0.2) is 18.2 Å². The van der Waals surface area contributed by atoms with Gasteiger partial charge in [-0.2, -0.15) is 11.8 Å². The number of hydrogen-bond donors (Lipinski definition) is 1. The summed E-state index contributed by atoms with van der Waals surface area (Å²) in [7, 11) is 0. The molecule has 1 atom stereocenters. The van der Waals surface area contributed by atoms with E-state index in [1.165, 1.54) is 12.1 Å². The second kappa shape index (κ2) is 5.15. The Balaban J connectivity index is 2.73. The van der Waals surface area contributed by atoms with Gasteiger partial charge in [-0.05, 0) is 6.07 Å². The van der Waals surface area contributed by atoms with E-state index in [1.807, 2.05) is 0 Å². The molecule has 90 valence electrons. The van der Waals surface area contributed by atoms with Gasteiger partial charge in [0.15, 0.2) is 11.6 Å². The third kappa shape index (κ3) is 3.76. The zero-order valence-electron chi connectivity index (χ0n) is 9.76. The van der Waals surface area contributed by atoms with Gasteiger partial charge in [0, 0.05) is 22.1 Å². The van der Waals surface area contributed by atoms with E-state index in [-0.39, 0.29) is 10.3 Å². The molecule has 0 amide bonds.